The molecule has 0 saturated heterocycles. The molecule has 3 aromatic rings. The SMILES string of the molecule is CCOC[C@@]1(O)CC[C@]2(CC)c3cc4cnn(-c5ccc(F)cc5)c4cc3CCC[C@H]2C1. The number of hydrogen-bond acceptors (Lipinski definition) is 3. The number of fused-ring (bicyclic) bond motifs is 4. The van der Waals surface area contributed by atoms with Crippen molar-refractivity contribution in [2.75, 3.05) is 13.2 Å². The minimum atomic E-state index is -0.707. The number of aryl methyl sites for hydroxylation is 1. The summed E-state index contributed by atoms with van der Waals surface area (Å²) in [6, 6.07) is 11.2. The molecule has 0 amide bonds. The zero-order valence-corrected chi connectivity index (χ0v) is 19.1. The third kappa shape index (κ3) is 3.56. The first-order valence-electron chi connectivity index (χ1n) is 12.1. The van der Waals surface area contributed by atoms with Crippen LogP contribution in [0.1, 0.15) is 63.5 Å². The third-order valence-corrected chi connectivity index (χ3v) is 8.05. The molecular formula is C27H33FN2O2. The maximum absolute atomic E-state index is 13.4. The Hall–Kier alpha value is -2.24. The first-order valence-corrected chi connectivity index (χ1v) is 12.1. The van der Waals surface area contributed by atoms with Crippen LogP contribution in [-0.2, 0) is 16.6 Å². The minimum absolute atomic E-state index is 0.0937. The summed E-state index contributed by atoms with van der Waals surface area (Å²) in [5.74, 6) is 0.217. The Labute approximate surface area is 189 Å². The summed E-state index contributed by atoms with van der Waals surface area (Å²) >= 11 is 0. The summed E-state index contributed by atoms with van der Waals surface area (Å²) in [6.07, 6.45) is 8.89. The Morgan fingerprint density at radius 3 is 2.75 bits per heavy atom. The van der Waals surface area contributed by atoms with E-state index in [-0.39, 0.29) is 11.2 Å². The number of rotatable bonds is 5. The van der Waals surface area contributed by atoms with Gasteiger partial charge in [0.2, 0.25) is 0 Å². The lowest BCUT2D eigenvalue weighted by Crippen LogP contribution is -2.49. The van der Waals surface area contributed by atoms with E-state index in [2.05, 4.69) is 24.2 Å². The maximum Gasteiger partial charge on any atom is 0.123 e. The molecule has 1 fully saturated rings. The van der Waals surface area contributed by atoms with E-state index in [4.69, 9.17) is 4.74 Å². The van der Waals surface area contributed by atoms with Crippen molar-refractivity contribution in [2.24, 2.45) is 5.92 Å². The van der Waals surface area contributed by atoms with Crippen molar-refractivity contribution in [3.05, 3.63) is 59.5 Å². The van der Waals surface area contributed by atoms with E-state index < -0.39 is 5.60 Å². The molecule has 32 heavy (non-hydrogen) atoms. The van der Waals surface area contributed by atoms with Crippen molar-refractivity contribution in [3.63, 3.8) is 0 Å². The topological polar surface area (TPSA) is 47.3 Å². The van der Waals surface area contributed by atoms with Crippen LogP contribution in [0.3, 0.4) is 0 Å². The Morgan fingerprint density at radius 2 is 2.00 bits per heavy atom. The lowest BCUT2D eigenvalue weighted by molar-refractivity contribution is -0.0975. The van der Waals surface area contributed by atoms with Crippen LogP contribution < -0.4 is 0 Å². The highest BCUT2D eigenvalue weighted by atomic mass is 19.1. The van der Waals surface area contributed by atoms with E-state index in [9.17, 15) is 9.50 Å². The summed E-state index contributed by atoms with van der Waals surface area (Å²) < 4.78 is 21.0. The van der Waals surface area contributed by atoms with Gasteiger partial charge in [-0.3, -0.25) is 0 Å². The largest absolute Gasteiger partial charge is 0.387 e. The molecule has 1 N–H and O–H groups in total. The van der Waals surface area contributed by atoms with E-state index in [0.29, 0.717) is 19.1 Å². The lowest BCUT2D eigenvalue weighted by atomic mass is 9.57. The molecule has 0 radical (unpaired) electrons. The Balaban J connectivity index is 1.57. The van der Waals surface area contributed by atoms with Crippen LogP contribution in [0.5, 0.6) is 0 Å². The zero-order valence-electron chi connectivity index (χ0n) is 19.1. The van der Waals surface area contributed by atoms with Crippen molar-refractivity contribution in [3.8, 4) is 5.69 Å². The lowest BCUT2D eigenvalue weighted by Gasteiger charge is -2.50. The van der Waals surface area contributed by atoms with Gasteiger partial charge in [-0.15, -0.1) is 0 Å². The van der Waals surface area contributed by atoms with Gasteiger partial charge in [-0.25, -0.2) is 9.07 Å². The highest BCUT2D eigenvalue weighted by molar-refractivity contribution is 5.82. The predicted molar refractivity (Wildman–Crippen MR) is 125 cm³/mol. The van der Waals surface area contributed by atoms with Crippen LogP contribution in [0.25, 0.3) is 16.6 Å². The number of benzene rings is 2. The van der Waals surface area contributed by atoms with Crippen molar-refractivity contribution in [2.45, 2.75) is 69.8 Å². The zero-order chi connectivity index (χ0) is 22.3. The molecular weight excluding hydrogens is 403 g/mol. The van der Waals surface area contributed by atoms with Gasteiger partial charge in [0.1, 0.15) is 5.82 Å². The smallest absolute Gasteiger partial charge is 0.123 e. The van der Waals surface area contributed by atoms with Gasteiger partial charge in [0.25, 0.3) is 0 Å². The van der Waals surface area contributed by atoms with Gasteiger partial charge < -0.3 is 9.84 Å². The van der Waals surface area contributed by atoms with Gasteiger partial charge in [-0.05, 0) is 111 Å². The van der Waals surface area contributed by atoms with Crippen LogP contribution in [0.2, 0.25) is 0 Å². The van der Waals surface area contributed by atoms with E-state index in [0.717, 1.165) is 61.5 Å². The molecule has 2 aliphatic carbocycles. The molecule has 2 aromatic carbocycles. The number of hydrogen-bond donors (Lipinski definition) is 1. The predicted octanol–water partition coefficient (Wildman–Crippen LogP) is 5.72. The number of ether oxygens (including phenoxy) is 1. The second-order valence-corrected chi connectivity index (χ2v) is 9.77. The molecule has 3 atom stereocenters. The molecule has 5 heteroatoms. The van der Waals surface area contributed by atoms with E-state index in [1.165, 1.54) is 23.3 Å². The van der Waals surface area contributed by atoms with E-state index in [1.54, 1.807) is 12.1 Å². The fourth-order valence-corrected chi connectivity index (χ4v) is 6.34. The highest BCUT2D eigenvalue weighted by Crippen LogP contribution is 2.54. The molecule has 0 unspecified atom stereocenters. The van der Waals surface area contributed by atoms with Crippen molar-refractivity contribution < 1.29 is 14.2 Å². The van der Waals surface area contributed by atoms with Gasteiger partial charge in [0, 0.05) is 12.0 Å². The average molecular weight is 437 g/mol. The van der Waals surface area contributed by atoms with Gasteiger partial charge >= 0.3 is 0 Å². The molecule has 0 bridgehead atoms. The fourth-order valence-electron chi connectivity index (χ4n) is 6.34. The van der Waals surface area contributed by atoms with Crippen LogP contribution in [0.15, 0.2) is 42.6 Å². The Morgan fingerprint density at radius 1 is 1.19 bits per heavy atom. The van der Waals surface area contributed by atoms with Crippen molar-refractivity contribution in [1.29, 1.82) is 0 Å². The Bertz CT molecular complexity index is 1110. The van der Waals surface area contributed by atoms with Crippen LogP contribution in [-0.4, -0.2) is 33.7 Å². The quantitative estimate of drug-likeness (QED) is 0.557. The second kappa shape index (κ2) is 8.27. The summed E-state index contributed by atoms with van der Waals surface area (Å²) in [5.41, 5.74) is 4.19. The molecule has 1 saturated carbocycles. The molecule has 170 valence electrons. The molecule has 2 aliphatic rings. The molecule has 0 aliphatic heterocycles. The first-order chi connectivity index (χ1) is 15.5. The Kier molecular flexibility index (Phi) is 5.58. The number of aliphatic hydroxyl groups is 1. The fraction of sp³-hybridized carbons (Fsp3) is 0.519. The molecule has 1 heterocycles. The van der Waals surface area contributed by atoms with E-state index in [1.807, 2.05) is 17.8 Å². The van der Waals surface area contributed by atoms with E-state index >= 15 is 0 Å². The normalized spacial score (nSPS) is 27.7. The second-order valence-electron chi connectivity index (χ2n) is 9.77. The molecule has 0 spiro atoms. The van der Waals surface area contributed by atoms with Crippen LogP contribution >= 0.6 is 0 Å². The number of nitrogens with zero attached hydrogens (tertiary/aromatic N) is 2. The van der Waals surface area contributed by atoms with Crippen molar-refractivity contribution in [1.82, 2.24) is 9.78 Å². The highest BCUT2D eigenvalue weighted by Gasteiger charge is 2.50. The molecule has 5 rings (SSSR count). The number of halogens is 1. The van der Waals surface area contributed by atoms with Crippen molar-refractivity contribution >= 4 is 10.9 Å². The number of aromatic nitrogens is 2. The van der Waals surface area contributed by atoms with Crippen LogP contribution in [0, 0.1) is 11.7 Å². The molecule has 4 nitrogen and oxygen atoms in total. The minimum Gasteiger partial charge on any atom is -0.387 e. The standard InChI is InChI=1S/C27H33FN2O2/c1-3-27-13-12-26(31,18-32-4-2)16-21(27)7-5-6-19-15-25-20(14-24(19)27)17-29-30(25)23-10-8-22(28)9-11-23/h8-11,14-15,17,21,31H,3-7,12-13,16,18H2,1-2H3/t21-,26+,27-/m0/s1. The third-order valence-electron chi connectivity index (χ3n) is 8.05. The van der Waals surface area contributed by atoms with Gasteiger partial charge in [0.15, 0.2) is 0 Å². The van der Waals surface area contributed by atoms with Gasteiger partial charge in [-0.2, -0.15) is 5.10 Å². The summed E-state index contributed by atoms with van der Waals surface area (Å²) in [5, 5.41) is 17.0. The summed E-state index contributed by atoms with van der Waals surface area (Å²) in [6.45, 7) is 5.38. The monoisotopic (exact) mass is 436 g/mol. The van der Waals surface area contributed by atoms with Crippen LogP contribution in [0.4, 0.5) is 4.39 Å². The first kappa shape index (κ1) is 21.6. The average Bonchev–Trinajstić information content (AvgIpc) is 3.14. The summed E-state index contributed by atoms with van der Waals surface area (Å²) in [4.78, 5) is 0. The van der Waals surface area contributed by atoms with Gasteiger partial charge in [-0.1, -0.05) is 6.92 Å². The molecule has 1 aromatic heterocycles. The summed E-state index contributed by atoms with van der Waals surface area (Å²) in [7, 11) is 0. The maximum atomic E-state index is 13.4. The van der Waals surface area contributed by atoms with Gasteiger partial charge in [0.05, 0.1) is 29.6 Å².